The maximum absolute atomic E-state index is 12.7. The number of likely N-dealkylation sites (tertiary alicyclic amines) is 1. The summed E-state index contributed by atoms with van der Waals surface area (Å²) < 4.78 is 0. The molecule has 3 N–H and O–H groups in total. The van der Waals surface area contributed by atoms with Crippen LogP contribution in [0.5, 0.6) is 0 Å². The van der Waals surface area contributed by atoms with Gasteiger partial charge in [-0.1, -0.05) is 36.4 Å². The van der Waals surface area contributed by atoms with Crippen molar-refractivity contribution in [2.75, 3.05) is 18.4 Å². The van der Waals surface area contributed by atoms with Crippen molar-refractivity contribution in [3.05, 3.63) is 65.9 Å². The van der Waals surface area contributed by atoms with Gasteiger partial charge in [0.05, 0.1) is 6.10 Å². The Kier molecular flexibility index (Phi) is 4.73. The number of aliphatic hydroxyl groups excluding tert-OH is 1. The summed E-state index contributed by atoms with van der Waals surface area (Å²) in [6, 6.07) is 17.6. The first kappa shape index (κ1) is 16.8. The van der Waals surface area contributed by atoms with Gasteiger partial charge in [0.25, 0.3) is 5.91 Å². The summed E-state index contributed by atoms with van der Waals surface area (Å²) in [5, 5.41) is 13.7. The van der Waals surface area contributed by atoms with Crippen LogP contribution >= 0.6 is 0 Å². The lowest BCUT2D eigenvalue weighted by Crippen LogP contribution is -2.35. The van der Waals surface area contributed by atoms with Crippen LogP contribution in [0.3, 0.4) is 0 Å². The molecule has 5 heteroatoms. The Labute approximate surface area is 152 Å². The van der Waals surface area contributed by atoms with Crippen molar-refractivity contribution in [3.63, 3.8) is 0 Å². The van der Waals surface area contributed by atoms with Crippen LogP contribution in [0, 0.1) is 0 Å². The normalized spacial score (nSPS) is 16.0. The number of hydrogen-bond donors (Lipinski definition) is 3. The van der Waals surface area contributed by atoms with E-state index in [1.165, 1.54) is 0 Å². The molecule has 0 bridgehead atoms. The molecule has 3 aromatic rings. The maximum atomic E-state index is 12.7. The van der Waals surface area contributed by atoms with Gasteiger partial charge in [-0.2, -0.15) is 0 Å². The Morgan fingerprint density at radius 1 is 1.12 bits per heavy atom. The van der Waals surface area contributed by atoms with Crippen molar-refractivity contribution in [2.45, 2.75) is 25.5 Å². The van der Waals surface area contributed by atoms with E-state index in [1.807, 2.05) is 54.6 Å². The summed E-state index contributed by atoms with van der Waals surface area (Å²) in [7, 11) is 0. The number of fused-ring (bicyclic) bond motifs is 1. The van der Waals surface area contributed by atoms with Crippen LogP contribution in [0.15, 0.2) is 54.6 Å². The van der Waals surface area contributed by atoms with Crippen LogP contribution in [0.2, 0.25) is 0 Å². The number of piperidine rings is 1. The van der Waals surface area contributed by atoms with E-state index in [2.05, 4.69) is 15.2 Å². The van der Waals surface area contributed by atoms with Crippen LogP contribution in [-0.2, 0) is 6.54 Å². The zero-order valence-corrected chi connectivity index (χ0v) is 14.6. The Morgan fingerprint density at radius 2 is 1.85 bits per heavy atom. The number of carbonyl (C=O) groups is 1. The van der Waals surface area contributed by atoms with E-state index in [4.69, 9.17) is 0 Å². The van der Waals surface area contributed by atoms with Crippen molar-refractivity contribution in [1.82, 2.24) is 9.88 Å². The van der Waals surface area contributed by atoms with Gasteiger partial charge < -0.3 is 15.4 Å². The average molecular weight is 349 g/mol. The number of aromatic nitrogens is 1. The van der Waals surface area contributed by atoms with Gasteiger partial charge in [0.15, 0.2) is 0 Å². The van der Waals surface area contributed by atoms with E-state index >= 15 is 0 Å². The minimum atomic E-state index is -0.178. The highest BCUT2D eigenvalue weighted by Gasteiger charge is 2.18. The average Bonchev–Trinajstić information content (AvgIpc) is 3.09. The molecule has 0 spiro atoms. The fourth-order valence-electron chi connectivity index (χ4n) is 3.48. The minimum absolute atomic E-state index is 0.136. The molecule has 134 valence electrons. The molecule has 0 atom stereocenters. The van der Waals surface area contributed by atoms with Crippen LogP contribution < -0.4 is 5.32 Å². The molecular formula is C21H23N3O2. The second kappa shape index (κ2) is 7.32. The molecule has 26 heavy (non-hydrogen) atoms. The van der Waals surface area contributed by atoms with E-state index in [-0.39, 0.29) is 12.0 Å². The van der Waals surface area contributed by atoms with Crippen LogP contribution in [0.1, 0.15) is 28.9 Å². The van der Waals surface area contributed by atoms with Gasteiger partial charge in [-0.3, -0.25) is 9.69 Å². The standard InChI is InChI=1S/C21H23N3O2/c25-17-9-11-24(12-10-17)14-16-6-2-4-8-19(16)23-21(26)20-13-15-5-1-3-7-18(15)22-20/h1-8,13,17,22,25H,9-12,14H2,(H,23,26). The Balaban J connectivity index is 1.50. The number of rotatable bonds is 4. The quantitative estimate of drug-likeness (QED) is 0.676. The van der Waals surface area contributed by atoms with Gasteiger partial charge >= 0.3 is 0 Å². The smallest absolute Gasteiger partial charge is 0.272 e. The summed E-state index contributed by atoms with van der Waals surface area (Å²) in [4.78, 5) is 18.2. The Bertz CT molecular complexity index is 877. The summed E-state index contributed by atoms with van der Waals surface area (Å²) >= 11 is 0. The van der Waals surface area contributed by atoms with Gasteiger partial charge in [-0.25, -0.2) is 0 Å². The van der Waals surface area contributed by atoms with Crippen LogP contribution in [0.25, 0.3) is 10.9 Å². The highest BCUT2D eigenvalue weighted by molar-refractivity contribution is 6.06. The molecule has 1 aromatic heterocycles. The summed E-state index contributed by atoms with van der Waals surface area (Å²) in [5.74, 6) is -0.136. The van der Waals surface area contributed by atoms with Crippen molar-refractivity contribution in [3.8, 4) is 0 Å². The van der Waals surface area contributed by atoms with Gasteiger partial charge in [-0.15, -0.1) is 0 Å². The van der Waals surface area contributed by atoms with E-state index < -0.39 is 0 Å². The predicted molar refractivity (Wildman–Crippen MR) is 103 cm³/mol. The first-order valence-electron chi connectivity index (χ1n) is 9.06. The topological polar surface area (TPSA) is 68.4 Å². The molecule has 0 saturated carbocycles. The number of aliphatic hydroxyl groups is 1. The van der Waals surface area contributed by atoms with Gasteiger partial charge in [0.1, 0.15) is 5.69 Å². The third kappa shape index (κ3) is 3.64. The maximum Gasteiger partial charge on any atom is 0.272 e. The van der Waals surface area contributed by atoms with Crippen LogP contribution in [0.4, 0.5) is 5.69 Å². The molecule has 0 radical (unpaired) electrons. The molecule has 1 fully saturated rings. The largest absolute Gasteiger partial charge is 0.393 e. The number of para-hydroxylation sites is 2. The number of H-pyrrole nitrogens is 1. The molecule has 5 nitrogen and oxygen atoms in total. The summed E-state index contributed by atoms with van der Waals surface area (Å²) in [6.45, 7) is 2.53. The molecule has 0 unspecified atom stereocenters. The second-order valence-electron chi connectivity index (χ2n) is 6.89. The van der Waals surface area contributed by atoms with Gasteiger partial charge in [-0.05, 0) is 36.6 Å². The fraction of sp³-hybridized carbons (Fsp3) is 0.286. The van der Waals surface area contributed by atoms with Gasteiger partial charge in [0, 0.05) is 36.2 Å². The number of hydrogen-bond acceptors (Lipinski definition) is 3. The lowest BCUT2D eigenvalue weighted by molar-refractivity contribution is 0.0793. The predicted octanol–water partition coefficient (Wildman–Crippen LogP) is 3.38. The molecule has 2 heterocycles. The highest BCUT2D eigenvalue weighted by atomic mass is 16.3. The third-order valence-electron chi connectivity index (χ3n) is 4.99. The summed E-state index contributed by atoms with van der Waals surface area (Å²) in [6.07, 6.45) is 1.44. The minimum Gasteiger partial charge on any atom is -0.393 e. The Hall–Kier alpha value is -2.63. The lowest BCUT2D eigenvalue weighted by Gasteiger charge is -2.30. The highest BCUT2D eigenvalue weighted by Crippen LogP contribution is 2.21. The Morgan fingerprint density at radius 3 is 2.65 bits per heavy atom. The summed E-state index contributed by atoms with van der Waals surface area (Å²) in [5.41, 5.74) is 3.44. The molecule has 1 amide bonds. The number of benzene rings is 2. The van der Waals surface area contributed by atoms with Crippen molar-refractivity contribution in [2.24, 2.45) is 0 Å². The molecule has 0 aliphatic carbocycles. The monoisotopic (exact) mass is 349 g/mol. The number of amides is 1. The van der Waals surface area contributed by atoms with Crippen molar-refractivity contribution < 1.29 is 9.90 Å². The molecular weight excluding hydrogens is 326 g/mol. The van der Waals surface area contributed by atoms with Gasteiger partial charge in [0.2, 0.25) is 0 Å². The first-order chi connectivity index (χ1) is 12.7. The van der Waals surface area contributed by atoms with Crippen LogP contribution in [-0.4, -0.2) is 40.1 Å². The molecule has 1 aliphatic rings. The number of nitrogens with one attached hydrogen (secondary N) is 2. The zero-order valence-electron chi connectivity index (χ0n) is 14.6. The molecule has 1 saturated heterocycles. The molecule has 1 aliphatic heterocycles. The van der Waals surface area contributed by atoms with Crippen molar-refractivity contribution >= 4 is 22.5 Å². The van der Waals surface area contributed by atoms with E-state index in [0.29, 0.717) is 5.69 Å². The second-order valence-corrected chi connectivity index (χ2v) is 6.89. The first-order valence-corrected chi connectivity index (χ1v) is 9.06. The van der Waals surface area contributed by atoms with E-state index in [9.17, 15) is 9.90 Å². The number of carbonyl (C=O) groups excluding carboxylic acids is 1. The number of nitrogens with zero attached hydrogens (tertiary/aromatic N) is 1. The number of aromatic amines is 1. The van der Waals surface area contributed by atoms with E-state index in [0.717, 1.165) is 54.6 Å². The zero-order chi connectivity index (χ0) is 17.9. The number of anilines is 1. The van der Waals surface area contributed by atoms with E-state index in [1.54, 1.807) is 0 Å². The molecule has 2 aromatic carbocycles. The fourth-order valence-corrected chi connectivity index (χ4v) is 3.48. The lowest BCUT2D eigenvalue weighted by atomic mass is 10.1. The van der Waals surface area contributed by atoms with Crippen molar-refractivity contribution in [1.29, 1.82) is 0 Å². The SMILES string of the molecule is O=C(Nc1ccccc1CN1CCC(O)CC1)c1cc2ccccc2[nH]1. The molecule has 4 rings (SSSR count). The third-order valence-corrected chi connectivity index (χ3v) is 4.99.